The van der Waals surface area contributed by atoms with Gasteiger partial charge < -0.3 is 14.5 Å². The minimum atomic E-state index is -0.217. The fraction of sp³-hybridized carbons (Fsp3) is 0.292. The molecule has 0 aromatic heterocycles. The molecule has 2 fully saturated rings. The van der Waals surface area contributed by atoms with E-state index in [0.717, 1.165) is 30.1 Å². The number of benzene rings is 2. The normalized spacial score (nSPS) is 17.9. The van der Waals surface area contributed by atoms with Crippen molar-refractivity contribution < 1.29 is 14.3 Å². The Morgan fingerprint density at radius 3 is 2.41 bits per heavy atom. The van der Waals surface area contributed by atoms with Gasteiger partial charge in [0.2, 0.25) is 5.91 Å². The molecule has 2 aromatic carbocycles. The number of piperazine rings is 1. The summed E-state index contributed by atoms with van der Waals surface area (Å²) in [6, 6.07) is 17.7. The number of carbonyl (C=O) groups is 2. The van der Waals surface area contributed by atoms with E-state index in [4.69, 9.17) is 17.0 Å². The number of hydrogen-bond acceptors (Lipinski definition) is 6. The Morgan fingerprint density at radius 2 is 1.75 bits per heavy atom. The number of carbonyl (C=O) groups excluding carboxylic acids is 2. The summed E-state index contributed by atoms with van der Waals surface area (Å²) in [5.41, 5.74) is 2.05. The van der Waals surface area contributed by atoms with Crippen molar-refractivity contribution in [3.63, 3.8) is 0 Å². The van der Waals surface area contributed by atoms with Crippen LogP contribution in [-0.4, -0.2) is 65.3 Å². The van der Waals surface area contributed by atoms with Gasteiger partial charge in [0, 0.05) is 31.9 Å². The Balaban J connectivity index is 1.34. The van der Waals surface area contributed by atoms with Crippen LogP contribution in [0.1, 0.15) is 12.5 Å². The SMILES string of the molecule is CCOc1ccc(/C=C2\SC(=S)N(CC(=O)N3CCN(c4ccccc4)CC3)C2=O)cc1. The van der Waals surface area contributed by atoms with Gasteiger partial charge in [-0.05, 0) is 42.8 Å². The summed E-state index contributed by atoms with van der Waals surface area (Å²) in [5.74, 6) is 0.497. The number of amides is 2. The Kier molecular flexibility index (Phi) is 7.12. The number of thiocarbonyl (C=S) groups is 1. The van der Waals surface area contributed by atoms with Gasteiger partial charge in [-0.25, -0.2) is 0 Å². The smallest absolute Gasteiger partial charge is 0.266 e. The number of para-hydroxylation sites is 1. The molecule has 0 bridgehead atoms. The standard InChI is InChI=1S/C24H25N3O3S2/c1-2-30-20-10-8-18(9-11-20)16-21-23(29)27(24(31)32-21)17-22(28)26-14-12-25(13-15-26)19-6-4-3-5-7-19/h3-11,16H,2,12-15,17H2,1H3/b21-16-. The quantitative estimate of drug-likeness (QED) is 0.478. The lowest BCUT2D eigenvalue weighted by atomic mass is 10.2. The van der Waals surface area contributed by atoms with Gasteiger partial charge in [0.15, 0.2) is 0 Å². The van der Waals surface area contributed by atoms with E-state index in [9.17, 15) is 9.59 Å². The Labute approximate surface area is 197 Å². The second kappa shape index (κ2) is 10.2. The van der Waals surface area contributed by atoms with E-state index in [2.05, 4.69) is 17.0 Å². The largest absolute Gasteiger partial charge is 0.494 e. The first-order valence-electron chi connectivity index (χ1n) is 10.6. The van der Waals surface area contributed by atoms with Gasteiger partial charge in [0.25, 0.3) is 5.91 Å². The third kappa shape index (κ3) is 5.14. The lowest BCUT2D eigenvalue weighted by molar-refractivity contribution is -0.135. The zero-order valence-corrected chi connectivity index (χ0v) is 19.5. The van der Waals surface area contributed by atoms with Crippen LogP contribution in [0.15, 0.2) is 59.5 Å². The molecule has 0 spiro atoms. The number of thioether (sulfide) groups is 1. The minimum Gasteiger partial charge on any atom is -0.494 e. The van der Waals surface area contributed by atoms with Gasteiger partial charge in [-0.1, -0.05) is 54.3 Å². The monoisotopic (exact) mass is 467 g/mol. The van der Waals surface area contributed by atoms with Gasteiger partial charge in [0.05, 0.1) is 11.5 Å². The molecule has 0 N–H and O–H groups in total. The highest BCUT2D eigenvalue weighted by atomic mass is 32.2. The van der Waals surface area contributed by atoms with Crippen molar-refractivity contribution in [2.75, 3.05) is 44.2 Å². The highest BCUT2D eigenvalue weighted by molar-refractivity contribution is 8.26. The second-order valence-electron chi connectivity index (χ2n) is 7.47. The van der Waals surface area contributed by atoms with Crippen molar-refractivity contribution in [1.29, 1.82) is 0 Å². The van der Waals surface area contributed by atoms with E-state index >= 15 is 0 Å². The molecule has 8 heteroatoms. The molecule has 2 saturated heterocycles. The number of hydrogen-bond donors (Lipinski definition) is 0. The number of anilines is 1. The van der Waals surface area contributed by atoms with Crippen molar-refractivity contribution in [1.82, 2.24) is 9.80 Å². The van der Waals surface area contributed by atoms with E-state index in [1.54, 1.807) is 6.08 Å². The predicted octanol–water partition coefficient (Wildman–Crippen LogP) is 3.64. The summed E-state index contributed by atoms with van der Waals surface area (Å²) in [6.07, 6.45) is 1.80. The molecule has 2 aliphatic heterocycles. The van der Waals surface area contributed by atoms with Crippen LogP contribution in [-0.2, 0) is 9.59 Å². The molecule has 2 aliphatic rings. The summed E-state index contributed by atoms with van der Waals surface area (Å²) in [4.78, 5) is 31.8. The molecule has 32 heavy (non-hydrogen) atoms. The molecule has 2 heterocycles. The lowest BCUT2D eigenvalue weighted by Crippen LogP contribution is -2.51. The molecule has 2 amide bonds. The highest BCUT2D eigenvalue weighted by Crippen LogP contribution is 2.32. The second-order valence-corrected chi connectivity index (χ2v) is 9.15. The maximum Gasteiger partial charge on any atom is 0.266 e. The Hall–Kier alpha value is -2.84. The van der Waals surface area contributed by atoms with Crippen molar-refractivity contribution in [2.24, 2.45) is 0 Å². The molecule has 166 valence electrons. The summed E-state index contributed by atoms with van der Waals surface area (Å²) < 4.78 is 5.87. The Bertz CT molecular complexity index is 1020. The first kappa shape index (κ1) is 22.4. The summed E-state index contributed by atoms with van der Waals surface area (Å²) in [6.45, 7) is 5.32. The fourth-order valence-electron chi connectivity index (χ4n) is 3.70. The van der Waals surface area contributed by atoms with Crippen LogP contribution < -0.4 is 9.64 Å². The molecule has 0 saturated carbocycles. The number of ether oxygens (including phenoxy) is 1. The summed E-state index contributed by atoms with van der Waals surface area (Å²) in [5, 5.41) is 0. The average molecular weight is 468 g/mol. The van der Waals surface area contributed by atoms with E-state index < -0.39 is 0 Å². The van der Waals surface area contributed by atoms with Crippen LogP contribution in [0.4, 0.5) is 5.69 Å². The zero-order valence-electron chi connectivity index (χ0n) is 17.9. The molecule has 2 aromatic rings. The third-order valence-corrected chi connectivity index (χ3v) is 6.79. The third-order valence-electron chi connectivity index (χ3n) is 5.41. The minimum absolute atomic E-state index is 0.0172. The first-order chi connectivity index (χ1) is 15.5. The van der Waals surface area contributed by atoms with Crippen LogP contribution in [0.3, 0.4) is 0 Å². The van der Waals surface area contributed by atoms with Crippen molar-refractivity contribution in [2.45, 2.75) is 6.92 Å². The van der Waals surface area contributed by atoms with Gasteiger partial charge in [-0.2, -0.15) is 0 Å². The topological polar surface area (TPSA) is 53.1 Å². The number of rotatable bonds is 6. The summed E-state index contributed by atoms with van der Waals surface area (Å²) in [7, 11) is 0. The molecular weight excluding hydrogens is 442 g/mol. The first-order valence-corrected chi connectivity index (χ1v) is 11.8. The predicted molar refractivity (Wildman–Crippen MR) is 133 cm³/mol. The molecule has 6 nitrogen and oxygen atoms in total. The maximum atomic E-state index is 12.9. The van der Waals surface area contributed by atoms with E-state index in [1.165, 1.54) is 16.7 Å². The lowest BCUT2D eigenvalue weighted by Gasteiger charge is -2.36. The molecule has 0 radical (unpaired) electrons. The van der Waals surface area contributed by atoms with Gasteiger partial charge in [-0.15, -0.1) is 0 Å². The van der Waals surface area contributed by atoms with Crippen LogP contribution >= 0.6 is 24.0 Å². The molecule has 0 atom stereocenters. The zero-order chi connectivity index (χ0) is 22.5. The van der Waals surface area contributed by atoms with Crippen LogP contribution in [0.5, 0.6) is 5.75 Å². The molecular formula is C24H25N3O3S2. The van der Waals surface area contributed by atoms with Gasteiger partial charge in [0.1, 0.15) is 16.6 Å². The molecule has 0 aliphatic carbocycles. The Morgan fingerprint density at radius 1 is 1.06 bits per heavy atom. The molecule has 0 unspecified atom stereocenters. The van der Waals surface area contributed by atoms with Crippen LogP contribution in [0.2, 0.25) is 0 Å². The van der Waals surface area contributed by atoms with Crippen LogP contribution in [0, 0.1) is 0 Å². The maximum absolute atomic E-state index is 12.9. The van der Waals surface area contributed by atoms with Crippen LogP contribution in [0.25, 0.3) is 6.08 Å². The number of nitrogens with zero attached hydrogens (tertiary/aromatic N) is 3. The van der Waals surface area contributed by atoms with Gasteiger partial charge in [-0.3, -0.25) is 14.5 Å². The average Bonchev–Trinajstić information content (AvgIpc) is 3.08. The van der Waals surface area contributed by atoms with Crippen molar-refractivity contribution in [3.8, 4) is 5.75 Å². The van der Waals surface area contributed by atoms with E-state index in [1.807, 2.05) is 54.3 Å². The van der Waals surface area contributed by atoms with Crippen molar-refractivity contribution >= 4 is 51.9 Å². The summed E-state index contributed by atoms with van der Waals surface area (Å²) >= 11 is 6.63. The van der Waals surface area contributed by atoms with E-state index in [0.29, 0.717) is 28.9 Å². The molecule has 4 rings (SSSR count). The fourth-order valence-corrected chi connectivity index (χ4v) is 4.96. The van der Waals surface area contributed by atoms with Gasteiger partial charge >= 0.3 is 0 Å². The van der Waals surface area contributed by atoms with Crippen molar-refractivity contribution in [3.05, 3.63) is 65.1 Å². The highest BCUT2D eigenvalue weighted by Gasteiger charge is 2.35. The van der Waals surface area contributed by atoms with E-state index in [-0.39, 0.29) is 18.4 Å².